The third-order valence-electron chi connectivity index (χ3n) is 5.16. The maximum atomic E-state index is 12.7. The zero-order valence-electron chi connectivity index (χ0n) is 15.1. The van der Waals surface area contributed by atoms with Crippen LogP contribution in [0.2, 0.25) is 0 Å². The molecule has 4 rings (SSSR count). The van der Waals surface area contributed by atoms with E-state index < -0.39 is 11.9 Å². The summed E-state index contributed by atoms with van der Waals surface area (Å²) in [6.07, 6.45) is 2.44. The number of carbonyl (C=O) groups excluding carboxylic acids is 3. The van der Waals surface area contributed by atoms with E-state index in [4.69, 9.17) is 0 Å². The number of hydrogen-bond donors (Lipinski definition) is 2. The predicted octanol–water partition coefficient (Wildman–Crippen LogP) is 0.309. The molecule has 2 atom stereocenters. The summed E-state index contributed by atoms with van der Waals surface area (Å²) < 4.78 is 1.67. The standard InChI is InChI=1S/C18H20N6O3/c1-10(19-2)14-9-24(22-21-14)12-3-4-13-11(7-12)8-23(18(13)27)15-5-6-16(25)20-17(15)26/h3-4,7,9-10,15,19H,5-6,8H2,1-2H3,(H,20,25,26). The lowest BCUT2D eigenvalue weighted by Crippen LogP contribution is -2.52. The van der Waals surface area contributed by atoms with Gasteiger partial charge in [-0.05, 0) is 44.2 Å². The fourth-order valence-electron chi connectivity index (χ4n) is 3.45. The number of amides is 3. The van der Waals surface area contributed by atoms with E-state index >= 15 is 0 Å². The second-order valence-electron chi connectivity index (χ2n) is 6.84. The molecule has 3 heterocycles. The molecule has 9 nitrogen and oxygen atoms in total. The molecule has 2 aliphatic rings. The highest BCUT2D eigenvalue weighted by Crippen LogP contribution is 2.29. The lowest BCUT2D eigenvalue weighted by molar-refractivity contribution is -0.136. The number of carbonyl (C=O) groups is 3. The molecule has 1 aromatic carbocycles. The highest BCUT2D eigenvalue weighted by atomic mass is 16.2. The maximum absolute atomic E-state index is 12.7. The highest BCUT2D eigenvalue weighted by molar-refractivity contribution is 6.05. The molecule has 2 aromatic rings. The van der Waals surface area contributed by atoms with Gasteiger partial charge in [0.1, 0.15) is 6.04 Å². The SMILES string of the molecule is CNC(C)c1cn(-c2ccc3c(c2)CN(C2CCC(=O)NC2=O)C3=O)nn1. The number of rotatable bonds is 4. The average Bonchev–Trinajstić information content (AvgIpc) is 3.26. The van der Waals surface area contributed by atoms with Crippen LogP contribution in [0.1, 0.15) is 47.4 Å². The first-order chi connectivity index (χ1) is 13.0. The minimum Gasteiger partial charge on any atom is -0.322 e. The molecule has 2 aliphatic heterocycles. The van der Waals surface area contributed by atoms with Gasteiger partial charge < -0.3 is 10.2 Å². The van der Waals surface area contributed by atoms with Gasteiger partial charge in [0.05, 0.1) is 17.6 Å². The molecule has 0 aliphatic carbocycles. The van der Waals surface area contributed by atoms with E-state index in [9.17, 15) is 14.4 Å². The third-order valence-corrected chi connectivity index (χ3v) is 5.16. The summed E-state index contributed by atoms with van der Waals surface area (Å²) in [6.45, 7) is 2.33. The summed E-state index contributed by atoms with van der Waals surface area (Å²) >= 11 is 0. The monoisotopic (exact) mass is 368 g/mol. The van der Waals surface area contributed by atoms with Gasteiger partial charge in [0, 0.05) is 24.6 Å². The molecule has 27 heavy (non-hydrogen) atoms. The average molecular weight is 368 g/mol. The zero-order valence-corrected chi connectivity index (χ0v) is 15.1. The number of aromatic nitrogens is 3. The molecule has 2 unspecified atom stereocenters. The molecule has 3 amide bonds. The smallest absolute Gasteiger partial charge is 0.255 e. The topological polar surface area (TPSA) is 109 Å². The normalized spacial score (nSPS) is 20.6. The molecule has 1 saturated heterocycles. The predicted molar refractivity (Wildman–Crippen MR) is 94.9 cm³/mol. The Hall–Kier alpha value is -3.07. The van der Waals surface area contributed by atoms with E-state index in [1.54, 1.807) is 10.7 Å². The summed E-state index contributed by atoms with van der Waals surface area (Å²) in [4.78, 5) is 37.7. The van der Waals surface area contributed by atoms with Gasteiger partial charge in [-0.3, -0.25) is 19.7 Å². The zero-order chi connectivity index (χ0) is 19.1. The number of imide groups is 1. The van der Waals surface area contributed by atoms with Gasteiger partial charge >= 0.3 is 0 Å². The Morgan fingerprint density at radius 1 is 1.30 bits per heavy atom. The van der Waals surface area contributed by atoms with Gasteiger partial charge in [0.2, 0.25) is 11.8 Å². The van der Waals surface area contributed by atoms with Crippen molar-refractivity contribution in [3.63, 3.8) is 0 Å². The van der Waals surface area contributed by atoms with Gasteiger partial charge in [-0.25, -0.2) is 4.68 Å². The van der Waals surface area contributed by atoms with Crippen LogP contribution in [-0.4, -0.2) is 50.7 Å². The molecule has 0 spiro atoms. The molecule has 2 N–H and O–H groups in total. The van der Waals surface area contributed by atoms with Crippen LogP contribution in [0.5, 0.6) is 0 Å². The van der Waals surface area contributed by atoms with Crippen LogP contribution >= 0.6 is 0 Å². The van der Waals surface area contributed by atoms with E-state index in [0.717, 1.165) is 16.9 Å². The van der Waals surface area contributed by atoms with Crippen molar-refractivity contribution in [1.82, 2.24) is 30.5 Å². The van der Waals surface area contributed by atoms with Gasteiger partial charge in [-0.2, -0.15) is 0 Å². The second-order valence-corrected chi connectivity index (χ2v) is 6.84. The third kappa shape index (κ3) is 2.99. The van der Waals surface area contributed by atoms with Crippen molar-refractivity contribution in [2.45, 2.75) is 38.4 Å². The Balaban J connectivity index is 1.58. The minimum absolute atomic E-state index is 0.0813. The first-order valence-electron chi connectivity index (χ1n) is 8.85. The van der Waals surface area contributed by atoms with Crippen LogP contribution in [-0.2, 0) is 16.1 Å². The van der Waals surface area contributed by atoms with E-state index in [2.05, 4.69) is 20.9 Å². The Morgan fingerprint density at radius 3 is 2.85 bits per heavy atom. The number of fused-ring (bicyclic) bond motifs is 1. The first-order valence-corrected chi connectivity index (χ1v) is 8.85. The molecule has 0 radical (unpaired) electrons. The second kappa shape index (κ2) is 6.58. The molecule has 0 saturated carbocycles. The fourth-order valence-corrected chi connectivity index (χ4v) is 3.45. The molecule has 1 aromatic heterocycles. The number of piperidine rings is 1. The van der Waals surface area contributed by atoms with Crippen molar-refractivity contribution in [2.24, 2.45) is 0 Å². The number of nitrogens with one attached hydrogen (secondary N) is 2. The van der Waals surface area contributed by atoms with Crippen LogP contribution < -0.4 is 10.6 Å². The Kier molecular flexibility index (Phi) is 4.23. The Labute approximate surface area is 155 Å². The molecule has 1 fully saturated rings. The van der Waals surface area contributed by atoms with E-state index in [-0.39, 0.29) is 24.3 Å². The molecular formula is C18H20N6O3. The van der Waals surface area contributed by atoms with E-state index in [0.29, 0.717) is 18.5 Å². The van der Waals surface area contributed by atoms with Crippen LogP contribution in [0, 0.1) is 0 Å². The van der Waals surface area contributed by atoms with Crippen molar-refractivity contribution in [2.75, 3.05) is 7.05 Å². The molecular weight excluding hydrogens is 348 g/mol. The number of hydrogen-bond acceptors (Lipinski definition) is 6. The van der Waals surface area contributed by atoms with Crippen LogP contribution in [0.4, 0.5) is 0 Å². The quantitative estimate of drug-likeness (QED) is 0.752. The van der Waals surface area contributed by atoms with Crippen LogP contribution in [0.15, 0.2) is 24.4 Å². The lowest BCUT2D eigenvalue weighted by atomic mass is 10.0. The highest BCUT2D eigenvalue weighted by Gasteiger charge is 2.39. The van der Waals surface area contributed by atoms with Gasteiger partial charge in [-0.1, -0.05) is 5.21 Å². The van der Waals surface area contributed by atoms with Crippen molar-refractivity contribution < 1.29 is 14.4 Å². The largest absolute Gasteiger partial charge is 0.322 e. The Morgan fingerprint density at radius 2 is 2.11 bits per heavy atom. The van der Waals surface area contributed by atoms with Crippen molar-refractivity contribution >= 4 is 17.7 Å². The van der Waals surface area contributed by atoms with Crippen molar-refractivity contribution in [3.05, 3.63) is 41.2 Å². The molecule has 9 heteroatoms. The number of nitrogens with zero attached hydrogens (tertiary/aromatic N) is 4. The summed E-state index contributed by atoms with van der Waals surface area (Å²) in [5, 5.41) is 13.7. The summed E-state index contributed by atoms with van der Waals surface area (Å²) in [6, 6.07) is 4.93. The van der Waals surface area contributed by atoms with E-state index in [1.807, 2.05) is 32.3 Å². The first kappa shape index (κ1) is 17.3. The Bertz CT molecular complexity index is 937. The number of benzene rings is 1. The van der Waals surface area contributed by atoms with Gasteiger partial charge in [-0.15, -0.1) is 5.10 Å². The van der Waals surface area contributed by atoms with Gasteiger partial charge in [0.15, 0.2) is 0 Å². The van der Waals surface area contributed by atoms with Gasteiger partial charge in [0.25, 0.3) is 5.91 Å². The van der Waals surface area contributed by atoms with Crippen LogP contribution in [0.3, 0.4) is 0 Å². The lowest BCUT2D eigenvalue weighted by Gasteiger charge is -2.29. The van der Waals surface area contributed by atoms with Crippen LogP contribution in [0.25, 0.3) is 5.69 Å². The fraction of sp³-hybridized carbons (Fsp3) is 0.389. The van der Waals surface area contributed by atoms with E-state index in [1.165, 1.54) is 4.90 Å². The summed E-state index contributed by atoms with van der Waals surface area (Å²) in [7, 11) is 1.86. The maximum Gasteiger partial charge on any atom is 0.255 e. The van der Waals surface area contributed by atoms with Crippen molar-refractivity contribution in [1.29, 1.82) is 0 Å². The summed E-state index contributed by atoms with van der Waals surface area (Å²) in [5.74, 6) is -0.885. The summed E-state index contributed by atoms with van der Waals surface area (Å²) in [5.41, 5.74) is 3.03. The molecule has 0 bridgehead atoms. The minimum atomic E-state index is -0.611. The van der Waals surface area contributed by atoms with Crippen molar-refractivity contribution in [3.8, 4) is 5.69 Å². The molecule has 140 valence electrons.